The van der Waals surface area contributed by atoms with E-state index in [1.165, 1.54) is 12.1 Å². The minimum absolute atomic E-state index is 0.0587. The third-order valence-corrected chi connectivity index (χ3v) is 5.60. The van der Waals surface area contributed by atoms with Gasteiger partial charge in [-0.05, 0) is 30.7 Å². The Morgan fingerprint density at radius 1 is 1.17 bits per heavy atom. The Labute approximate surface area is 149 Å². The lowest BCUT2D eigenvalue weighted by Crippen LogP contribution is -2.32. The first-order chi connectivity index (χ1) is 11.2. The number of aliphatic carboxylic acids is 1. The number of hydrogen-bond acceptors (Lipinski definition) is 3. The van der Waals surface area contributed by atoms with E-state index in [4.69, 9.17) is 0 Å². The minimum Gasteiger partial charge on any atom is -0.478 e. The molecule has 1 atom stereocenters. The Morgan fingerprint density at radius 2 is 1.75 bits per heavy atom. The molecule has 2 aromatic carbocycles. The average Bonchev–Trinajstić information content (AvgIpc) is 2.53. The molecule has 1 unspecified atom stereocenters. The zero-order chi connectivity index (χ0) is 17.9. The van der Waals surface area contributed by atoms with Crippen molar-refractivity contribution in [2.75, 3.05) is 0 Å². The van der Waals surface area contributed by atoms with Gasteiger partial charge in [0, 0.05) is 4.47 Å². The second kappa shape index (κ2) is 7.29. The molecule has 0 aliphatic carbocycles. The maximum absolute atomic E-state index is 12.6. The first kappa shape index (κ1) is 18.4. The highest BCUT2D eigenvalue weighted by Crippen LogP contribution is 2.29. The quantitative estimate of drug-likeness (QED) is 0.715. The number of halogens is 1. The highest BCUT2D eigenvalue weighted by molar-refractivity contribution is 9.10. The Bertz CT molecular complexity index is 876. The van der Waals surface area contributed by atoms with Crippen LogP contribution in [-0.2, 0) is 14.8 Å². The number of nitrogens with one attached hydrogen (secondary N) is 1. The fraction of sp³-hybridized carbons (Fsp3) is 0.118. The van der Waals surface area contributed by atoms with Crippen LogP contribution in [0.5, 0.6) is 0 Å². The molecule has 0 aliphatic rings. The molecule has 7 heteroatoms. The molecule has 0 fully saturated rings. The van der Waals surface area contributed by atoms with E-state index in [-0.39, 0.29) is 10.5 Å². The first-order valence-corrected chi connectivity index (χ1v) is 9.25. The van der Waals surface area contributed by atoms with E-state index in [1.54, 1.807) is 36.4 Å². The number of benzene rings is 2. The van der Waals surface area contributed by atoms with Gasteiger partial charge in [-0.15, -0.1) is 0 Å². The predicted octanol–water partition coefficient (Wildman–Crippen LogP) is 3.42. The molecule has 0 amide bonds. The van der Waals surface area contributed by atoms with Crippen LogP contribution in [0.4, 0.5) is 0 Å². The van der Waals surface area contributed by atoms with Gasteiger partial charge < -0.3 is 5.11 Å². The van der Waals surface area contributed by atoms with Crippen molar-refractivity contribution in [2.45, 2.75) is 17.9 Å². The van der Waals surface area contributed by atoms with Crippen molar-refractivity contribution in [3.05, 3.63) is 76.3 Å². The Hall–Kier alpha value is -1.96. The summed E-state index contributed by atoms with van der Waals surface area (Å²) in [5.41, 5.74) is 1.13. The van der Waals surface area contributed by atoms with Gasteiger partial charge in [0.25, 0.3) is 0 Å². The van der Waals surface area contributed by atoms with Crippen molar-refractivity contribution in [3.63, 3.8) is 0 Å². The van der Waals surface area contributed by atoms with Gasteiger partial charge >= 0.3 is 5.97 Å². The van der Waals surface area contributed by atoms with E-state index in [0.29, 0.717) is 10.0 Å². The van der Waals surface area contributed by atoms with Gasteiger partial charge in [0.1, 0.15) is 0 Å². The molecule has 0 aromatic heterocycles. The third kappa shape index (κ3) is 4.11. The van der Waals surface area contributed by atoms with Crippen molar-refractivity contribution in [2.24, 2.45) is 0 Å². The largest absolute Gasteiger partial charge is 0.478 e. The SMILES string of the molecule is C=C(C(=O)O)C(NS(=O)(=O)c1ccc(C)cc1)c1ccccc1Br. The highest BCUT2D eigenvalue weighted by atomic mass is 79.9. The summed E-state index contributed by atoms with van der Waals surface area (Å²) in [4.78, 5) is 11.4. The van der Waals surface area contributed by atoms with Crippen molar-refractivity contribution >= 4 is 31.9 Å². The second-order valence-corrected chi connectivity index (χ2v) is 7.79. The van der Waals surface area contributed by atoms with Crippen molar-refractivity contribution < 1.29 is 18.3 Å². The van der Waals surface area contributed by atoms with E-state index >= 15 is 0 Å². The van der Waals surface area contributed by atoms with Crippen LogP contribution in [-0.4, -0.2) is 19.5 Å². The van der Waals surface area contributed by atoms with Gasteiger partial charge in [-0.1, -0.05) is 58.4 Å². The molecule has 126 valence electrons. The monoisotopic (exact) mass is 409 g/mol. The summed E-state index contributed by atoms with van der Waals surface area (Å²) in [6, 6.07) is 12.0. The summed E-state index contributed by atoms with van der Waals surface area (Å²) < 4.78 is 28.2. The lowest BCUT2D eigenvalue weighted by molar-refractivity contribution is -0.132. The number of carbonyl (C=O) groups is 1. The second-order valence-electron chi connectivity index (χ2n) is 5.22. The lowest BCUT2D eigenvalue weighted by atomic mass is 10.0. The van der Waals surface area contributed by atoms with Crippen LogP contribution in [0.15, 0.2) is 70.1 Å². The topological polar surface area (TPSA) is 83.5 Å². The Morgan fingerprint density at radius 3 is 2.29 bits per heavy atom. The smallest absolute Gasteiger partial charge is 0.332 e. The number of hydrogen-bond donors (Lipinski definition) is 2. The minimum atomic E-state index is -3.91. The normalized spacial score (nSPS) is 12.6. The fourth-order valence-corrected chi connectivity index (χ4v) is 3.82. The molecule has 2 aromatic rings. The van der Waals surface area contributed by atoms with Gasteiger partial charge in [-0.25, -0.2) is 13.2 Å². The molecule has 0 radical (unpaired) electrons. The van der Waals surface area contributed by atoms with Gasteiger partial charge in [0.15, 0.2) is 0 Å². The van der Waals surface area contributed by atoms with Crippen LogP contribution in [0.1, 0.15) is 17.2 Å². The summed E-state index contributed by atoms with van der Waals surface area (Å²) in [5.74, 6) is -1.28. The molecule has 0 aliphatic heterocycles. The van der Waals surface area contributed by atoms with Gasteiger partial charge in [0.05, 0.1) is 16.5 Å². The summed E-state index contributed by atoms with van der Waals surface area (Å²) in [6.07, 6.45) is 0. The Balaban J connectivity index is 2.45. The molecule has 2 N–H and O–H groups in total. The molecule has 24 heavy (non-hydrogen) atoms. The highest BCUT2D eigenvalue weighted by Gasteiger charge is 2.28. The molecule has 5 nitrogen and oxygen atoms in total. The number of carboxylic acid groups (broad SMARTS) is 1. The summed E-state index contributed by atoms with van der Waals surface area (Å²) in [5, 5.41) is 9.26. The van der Waals surface area contributed by atoms with E-state index in [9.17, 15) is 18.3 Å². The maximum Gasteiger partial charge on any atom is 0.332 e. The van der Waals surface area contributed by atoms with Crippen molar-refractivity contribution in [3.8, 4) is 0 Å². The van der Waals surface area contributed by atoms with E-state index in [1.807, 2.05) is 6.92 Å². The zero-order valence-electron chi connectivity index (χ0n) is 12.9. The lowest BCUT2D eigenvalue weighted by Gasteiger charge is -2.20. The number of aryl methyl sites for hydroxylation is 1. The number of rotatable bonds is 6. The van der Waals surface area contributed by atoms with Crippen LogP contribution < -0.4 is 4.72 Å². The van der Waals surface area contributed by atoms with Crippen LogP contribution in [0.25, 0.3) is 0 Å². The number of carboxylic acids is 1. The molecule has 0 saturated heterocycles. The van der Waals surface area contributed by atoms with Crippen molar-refractivity contribution in [1.82, 2.24) is 4.72 Å². The maximum atomic E-state index is 12.6. The van der Waals surface area contributed by atoms with Crippen LogP contribution in [0.2, 0.25) is 0 Å². The fourth-order valence-electron chi connectivity index (χ4n) is 2.10. The molecule has 0 spiro atoms. The molecule has 2 rings (SSSR count). The molecule has 0 heterocycles. The molecule has 0 saturated carbocycles. The molecule has 0 bridgehead atoms. The van der Waals surface area contributed by atoms with E-state index < -0.39 is 22.0 Å². The van der Waals surface area contributed by atoms with Gasteiger partial charge in [-0.2, -0.15) is 4.72 Å². The predicted molar refractivity (Wildman–Crippen MR) is 95.2 cm³/mol. The summed E-state index contributed by atoms with van der Waals surface area (Å²) in [7, 11) is -3.91. The van der Waals surface area contributed by atoms with Gasteiger partial charge in [-0.3, -0.25) is 0 Å². The Kier molecular flexibility index (Phi) is 5.58. The van der Waals surface area contributed by atoms with Crippen LogP contribution >= 0.6 is 15.9 Å². The van der Waals surface area contributed by atoms with Gasteiger partial charge in [0.2, 0.25) is 10.0 Å². The zero-order valence-corrected chi connectivity index (χ0v) is 15.3. The van der Waals surface area contributed by atoms with E-state index in [0.717, 1.165) is 5.56 Å². The van der Waals surface area contributed by atoms with Crippen LogP contribution in [0, 0.1) is 6.92 Å². The first-order valence-electron chi connectivity index (χ1n) is 6.98. The standard InChI is InChI=1S/C17H16BrNO4S/c1-11-7-9-13(10-8-11)24(22,23)19-16(12(2)17(20)21)14-5-3-4-6-15(14)18/h3-10,16,19H,2H2,1H3,(H,20,21). The average molecular weight is 410 g/mol. The third-order valence-electron chi connectivity index (χ3n) is 3.44. The summed E-state index contributed by atoms with van der Waals surface area (Å²) >= 11 is 3.32. The summed E-state index contributed by atoms with van der Waals surface area (Å²) in [6.45, 7) is 5.36. The molecular formula is C17H16BrNO4S. The van der Waals surface area contributed by atoms with Crippen LogP contribution in [0.3, 0.4) is 0 Å². The number of sulfonamides is 1. The van der Waals surface area contributed by atoms with Crippen molar-refractivity contribution in [1.29, 1.82) is 0 Å². The van der Waals surface area contributed by atoms with E-state index in [2.05, 4.69) is 27.2 Å². The molecular weight excluding hydrogens is 394 g/mol.